The number of sulfonamides is 1. The van der Waals surface area contributed by atoms with Gasteiger partial charge in [0.15, 0.2) is 5.03 Å². The van der Waals surface area contributed by atoms with Gasteiger partial charge in [0.05, 0.1) is 19.1 Å². The van der Waals surface area contributed by atoms with Gasteiger partial charge in [-0.3, -0.25) is 0 Å². The molecule has 1 aromatic heterocycles. The Morgan fingerprint density at radius 3 is 2.79 bits per heavy atom. The number of aromatic amines is 1. The first-order valence-electron chi connectivity index (χ1n) is 7.21. The zero-order chi connectivity index (χ0) is 16.8. The van der Waals surface area contributed by atoms with Crippen LogP contribution in [0.2, 0.25) is 0 Å². The average molecular weight is 341 g/mol. The zero-order valence-electron chi connectivity index (χ0n) is 12.7. The molecule has 0 atom stereocenters. The smallest absolute Gasteiger partial charge is 0.258 e. The standard InChI is InChI=1S/C17H15N3O3S/c21-24(22,17-12-18-13-19-17)20-10-3-4-11-23-16-9-5-7-14-6-1-2-8-15(14)16/h1-2,5-9,12-13,20H,10-11H2,(H,18,19). The normalized spacial score (nSPS) is 11.0. The van der Waals surface area contributed by atoms with Crippen LogP contribution in [-0.4, -0.2) is 31.5 Å². The van der Waals surface area contributed by atoms with E-state index in [1.165, 1.54) is 12.5 Å². The second-order valence-electron chi connectivity index (χ2n) is 4.86. The predicted molar refractivity (Wildman–Crippen MR) is 91.0 cm³/mol. The van der Waals surface area contributed by atoms with Crippen LogP contribution in [0.25, 0.3) is 10.8 Å². The van der Waals surface area contributed by atoms with Crippen molar-refractivity contribution in [2.45, 2.75) is 5.03 Å². The van der Waals surface area contributed by atoms with Crippen molar-refractivity contribution < 1.29 is 13.2 Å². The number of hydrogen-bond acceptors (Lipinski definition) is 4. The highest BCUT2D eigenvalue weighted by molar-refractivity contribution is 7.89. The number of imidazole rings is 1. The number of aromatic nitrogens is 2. The first kappa shape index (κ1) is 16.1. The van der Waals surface area contributed by atoms with Crippen molar-refractivity contribution in [3.63, 3.8) is 0 Å². The van der Waals surface area contributed by atoms with Crippen LogP contribution >= 0.6 is 0 Å². The molecule has 0 bridgehead atoms. The van der Waals surface area contributed by atoms with Crippen LogP contribution < -0.4 is 9.46 Å². The zero-order valence-corrected chi connectivity index (χ0v) is 13.5. The lowest BCUT2D eigenvalue weighted by Crippen LogP contribution is -2.24. The lowest BCUT2D eigenvalue weighted by Gasteiger charge is -2.06. The summed E-state index contributed by atoms with van der Waals surface area (Å²) >= 11 is 0. The third-order valence-electron chi connectivity index (χ3n) is 3.29. The van der Waals surface area contributed by atoms with Crippen LogP contribution in [0.3, 0.4) is 0 Å². The van der Waals surface area contributed by atoms with Gasteiger partial charge in [-0.2, -0.15) is 4.72 Å². The summed E-state index contributed by atoms with van der Waals surface area (Å²) in [4.78, 5) is 6.21. The molecule has 0 amide bonds. The first-order valence-corrected chi connectivity index (χ1v) is 8.69. The van der Waals surface area contributed by atoms with Crippen LogP contribution in [0, 0.1) is 11.8 Å². The maximum Gasteiger partial charge on any atom is 0.258 e. The molecule has 0 aliphatic carbocycles. The van der Waals surface area contributed by atoms with E-state index in [1.54, 1.807) is 0 Å². The van der Waals surface area contributed by atoms with Crippen LogP contribution in [0.15, 0.2) is 60.0 Å². The minimum absolute atomic E-state index is 0.000249. The minimum atomic E-state index is -3.60. The molecule has 0 spiro atoms. The second kappa shape index (κ2) is 7.17. The van der Waals surface area contributed by atoms with Gasteiger partial charge in [-0.25, -0.2) is 13.4 Å². The molecule has 0 saturated carbocycles. The predicted octanol–water partition coefficient (Wildman–Crippen LogP) is 1.92. The summed E-state index contributed by atoms with van der Waals surface area (Å²) in [5.74, 6) is 6.26. The largest absolute Gasteiger partial charge is 0.480 e. The molecule has 2 aromatic carbocycles. The van der Waals surface area contributed by atoms with Gasteiger partial charge >= 0.3 is 0 Å². The second-order valence-corrected chi connectivity index (χ2v) is 6.60. The molecule has 0 radical (unpaired) electrons. The van der Waals surface area contributed by atoms with Crippen molar-refractivity contribution >= 4 is 20.8 Å². The van der Waals surface area contributed by atoms with Crippen LogP contribution in [0.5, 0.6) is 5.75 Å². The van der Waals surface area contributed by atoms with Crippen molar-refractivity contribution in [1.29, 1.82) is 0 Å². The van der Waals surface area contributed by atoms with E-state index in [0.717, 1.165) is 16.5 Å². The molecule has 0 aliphatic rings. The van der Waals surface area contributed by atoms with Crippen LogP contribution in [-0.2, 0) is 10.0 Å². The van der Waals surface area contributed by atoms with E-state index in [2.05, 4.69) is 26.5 Å². The molecule has 7 heteroatoms. The van der Waals surface area contributed by atoms with Gasteiger partial charge in [0.2, 0.25) is 0 Å². The Bertz CT molecular complexity index is 981. The minimum Gasteiger partial charge on any atom is -0.480 e. The van der Waals surface area contributed by atoms with Gasteiger partial charge in [-0.1, -0.05) is 48.2 Å². The monoisotopic (exact) mass is 341 g/mol. The Morgan fingerprint density at radius 1 is 1.12 bits per heavy atom. The summed E-state index contributed by atoms with van der Waals surface area (Å²) in [6.45, 7) is 0.181. The number of nitrogens with one attached hydrogen (secondary N) is 2. The first-order chi connectivity index (χ1) is 11.7. The number of nitrogens with zero attached hydrogens (tertiary/aromatic N) is 1. The SMILES string of the molecule is O=S(=O)(NCC#CCOc1cccc2ccccc12)c1cnc[nH]1. The van der Waals surface area contributed by atoms with Gasteiger partial charge in [-0.15, -0.1) is 0 Å². The summed E-state index contributed by atoms with van der Waals surface area (Å²) in [5, 5.41) is 2.12. The topological polar surface area (TPSA) is 84.1 Å². The highest BCUT2D eigenvalue weighted by Crippen LogP contribution is 2.24. The highest BCUT2D eigenvalue weighted by atomic mass is 32.2. The molecule has 0 aliphatic heterocycles. The fourth-order valence-electron chi connectivity index (χ4n) is 2.15. The Labute approximate surface area is 139 Å². The average Bonchev–Trinajstić information content (AvgIpc) is 3.13. The van der Waals surface area contributed by atoms with Crippen LogP contribution in [0.1, 0.15) is 0 Å². The molecule has 1 heterocycles. The Hall–Kier alpha value is -2.82. The van der Waals surface area contributed by atoms with E-state index >= 15 is 0 Å². The maximum atomic E-state index is 11.8. The highest BCUT2D eigenvalue weighted by Gasteiger charge is 2.13. The molecule has 3 rings (SSSR count). The van der Waals surface area contributed by atoms with E-state index in [9.17, 15) is 8.42 Å². The molecule has 0 saturated heterocycles. The third kappa shape index (κ3) is 3.74. The van der Waals surface area contributed by atoms with E-state index in [0.29, 0.717) is 0 Å². The molecule has 24 heavy (non-hydrogen) atoms. The summed E-state index contributed by atoms with van der Waals surface area (Å²) in [6.07, 6.45) is 2.54. The summed E-state index contributed by atoms with van der Waals surface area (Å²) < 4.78 is 31.6. The molecular weight excluding hydrogens is 326 g/mol. The van der Waals surface area contributed by atoms with E-state index in [1.807, 2.05) is 42.5 Å². The molecule has 0 unspecified atom stereocenters. The summed E-state index contributed by atoms with van der Waals surface area (Å²) in [7, 11) is -3.60. The van der Waals surface area contributed by atoms with Gasteiger partial charge in [0.1, 0.15) is 12.4 Å². The fraction of sp³-hybridized carbons (Fsp3) is 0.118. The molecule has 6 nitrogen and oxygen atoms in total. The van der Waals surface area contributed by atoms with Gasteiger partial charge in [0.25, 0.3) is 10.0 Å². The van der Waals surface area contributed by atoms with E-state index in [-0.39, 0.29) is 18.2 Å². The van der Waals surface area contributed by atoms with Gasteiger partial charge in [-0.05, 0) is 11.5 Å². The van der Waals surface area contributed by atoms with Crippen LogP contribution in [0.4, 0.5) is 0 Å². The van der Waals surface area contributed by atoms with Crippen molar-refractivity contribution in [3.05, 3.63) is 55.0 Å². The molecule has 122 valence electrons. The molecular formula is C17H15N3O3S. The number of ether oxygens (including phenoxy) is 1. The maximum absolute atomic E-state index is 11.8. The quantitative estimate of drug-likeness (QED) is 0.695. The van der Waals surface area contributed by atoms with E-state index < -0.39 is 10.0 Å². The van der Waals surface area contributed by atoms with Crippen molar-refractivity contribution in [1.82, 2.24) is 14.7 Å². The summed E-state index contributed by atoms with van der Waals surface area (Å²) in [6, 6.07) is 13.7. The molecule has 0 fully saturated rings. The third-order valence-corrected chi connectivity index (χ3v) is 4.61. The van der Waals surface area contributed by atoms with E-state index in [4.69, 9.17) is 4.74 Å². The summed E-state index contributed by atoms with van der Waals surface area (Å²) in [5.41, 5.74) is 0. The number of hydrogen-bond donors (Lipinski definition) is 2. The number of benzene rings is 2. The van der Waals surface area contributed by atoms with Gasteiger partial charge < -0.3 is 9.72 Å². The number of fused-ring (bicyclic) bond motifs is 1. The number of rotatable bonds is 5. The van der Waals surface area contributed by atoms with Crippen molar-refractivity contribution in [2.24, 2.45) is 0 Å². The molecule has 2 N–H and O–H groups in total. The fourth-order valence-corrected chi connectivity index (χ4v) is 2.97. The van der Waals surface area contributed by atoms with Crippen molar-refractivity contribution in [3.8, 4) is 17.6 Å². The number of H-pyrrole nitrogens is 1. The van der Waals surface area contributed by atoms with Gasteiger partial charge in [0, 0.05) is 5.39 Å². The Balaban J connectivity index is 1.55. The molecule has 3 aromatic rings. The lowest BCUT2D eigenvalue weighted by molar-refractivity contribution is 0.374. The lowest BCUT2D eigenvalue weighted by atomic mass is 10.1. The Morgan fingerprint density at radius 2 is 1.96 bits per heavy atom. The Kier molecular flexibility index (Phi) is 4.79. The van der Waals surface area contributed by atoms with Crippen molar-refractivity contribution in [2.75, 3.05) is 13.2 Å².